The fraction of sp³-hybridized carbons (Fsp3) is 0.589. The van der Waals surface area contributed by atoms with Crippen molar-refractivity contribution < 1.29 is 59.7 Å². The van der Waals surface area contributed by atoms with Crippen molar-refractivity contribution in [2.45, 2.75) is 172 Å². The Labute approximate surface area is 424 Å². The molecule has 0 aromatic heterocycles. The molecule has 4 bridgehead atoms. The van der Waals surface area contributed by atoms with E-state index in [0.717, 1.165) is 95.5 Å². The van der Waals surface area contributed by atoms with Crippen LogP contribution in [0.5, 0.6) is 11.5 Å². The van der Waals surface area contributed by atoms with Crippen molar-refractivity contribution in [1.82, 2.24) is 10.2 Å². The van der Waals surface area contributed by atoms with Crippen molar-refractivity contribution in [3.05, 3.63) is 82.9 Å². The third-order valence-corrected chi connectivity index (χ3v) is 16.2. The molecule has 2 aliphatic carbocycles. The molecule has 6 fully saturated rings. The number of methoxy groups -OCH3 is 2. The van der Waals surface area contributed by atoms with Crippen molar-refractivity contribution in [1.29, 1.82) is 0 Å². The van der Waals surface area contributed by atoms with Gasteiger partial charge in [0.2, 0.25) is 0 Å². The monoisotopic (exact) mass is 1030 g/mol. The molecule has 72 heavy (non-hydrogen) atoms. The van der Waals surface area contributed by atoms with Crippen molar-refractivity contribution in [2.24, 2.45) is 23.7 Å². The molecule has 4 saturated heterocycles. The fourth-order valence-electron chi connectivity index (χ4n) is 12.3. The Hall–Kier alpha value is -4.60. The zero-order valence-electron chi connectivity index (χ0n) is 41.6. The molecular formula is C56H69ClF6N2O7. The van der Waals surface area contributed by atoms with Gasteiger partial charge in [-0.2, -0.15) is 26.3 Å². The van der Waals surface area contributed by atoms with E-state index in [9.17, 15) is 40.7 Å². The van der Waals surface area contributed by atoms with Gasteiger partial charge < -0.3 is 24.3 Å². The zero-order chi connectivity index (χ0) is 50.6. The quantitative estimate of drug-likeness (QED) is 0.0997. The van der Waals surface area contributed by atoms with Gasteiger partial charge in [-0.05, 0) is 160 Å². The van der Waals surface area contributed by atoms with Crippen LogP contribution in [0.25, 0.3) is 21.5 Å². The van der Waals surface area contributed by atoms with Gasteiger partial charge in [0.05, 0.1) is 38.3 Å². The summed E-state index contributed by atoms with van der Waals surface area (Å²) in [6.07, 6.45) is 6.13. The molecule has 4 atom stereocenters. The highest BCUT2D eigenvalue weighted by atomic mass is 35.5. The number of halogens is 7. The molecule has 4 aromatic rings. The Morgan fingerprint density at radius 2 is 1.03 bits per heavy atom. The first-order valence-corrected chi connectivity index (χ1v) is 25.6. The lowest BCUT2D eigenvalue weighted by atomic mass is 9.89. The summed E-state index contributed by atoms with van der Waals surface area (Å²) in [6.45, 7) is 4.91. The first kappa shape index (κ1) is 55.2. The summed E-state index contributed by atoms with van der Waals surface area (Å²) in [4.78, 5) is 36.8. The summed E-state index contributed by atoms with van der Waals surface area (Å²) in [5.74, 6) is 0.908. The van der Waals surface area contributed by atoms with Crippen molar-refractivity contribution in [2.75, 3.05) is 14.2 Å². The Morgan fingerprint density at radius 3 is 1.49 bits per heavy atom. The molecule has 16 heteroatoms. The number of hydrogen-bond donors (Lipinski definition) is 1. The van der Waals surface area contributed by atoms with Crippen LogP contribution in [0.3, 0.4) is 0 Å². The van der Waals surface area contributed by atoms with Gasteiger partial charge in [0, 0.05) is 36.3 Å². The van der Waals surface area contributed by atoms with Crippen molar-refractivity contribution in [3.63, 3.8) is 0 Å². The lowest BCUT2D eigenvalue weighted by Gasteiger charge is -2.38. The Morgan fingerprint density at radius 1 is 0.583 bits per heavy atom. The third kappa shape index (κ3) is 12.8. The number of nitrogens with one attached hydrogen (secondary N) is 1. The molecule has 6 aliphatic rings. The van der Waals surface area contributed by atoms with Crippen LogP contribution in [0.1, 0.15) is 144 Å². The highest BCUT2D eigenvalue weighted by molar-refractivity contribution is 6.00. The maximum absolute atomic E-state index is 14.3. The first-order chi connectivity index (χ1) is 33.9. The SMILES string of the molecule is CC1CCC(Oc2ccc3c(C=O)cccc3c2C(F)(F)F)CC1.COC(=O)C1CC2CCC(C1)N2.COC(=O)C1CC2CCC(C1)N2Cc1cccc2c(C(F)(F)F)c(OC3CCC(C)CC3)ccc12.Cl. The molecule has 0 amide bonds. The topological polar surface area (TPSA) is 103 Å². The minimum absolute atomic E-state index is 0. The highest BCUT2D eigenvalue weighted by Gasteiger charge is 2.44. The van der Waals surface area contributed by atoms with E-state index in [0.29, 0.717) is 47.5 Å². The van der Waals surface area contributed by atoms with Crippen LogP contribution in [-0.4, -0.2) is 73.7 Å². The number of piperidine rings is 2. The summed E-state index contributed by atoms with van der Waals surface area (Å²) in [5.41, 5.74) is -0.319. The molecule has 10 rings (SSSR count). The normalized spacial score (nSPS) is 28.1. The van der Waals surface area contributed by atoms with Gasteiger partial charge in [0.15, 0.2) is 6.29 Å². The molecule has 0 spiro atoms. The molecule has 4 aromatic carbocycles. The van der Waals surface area contributed by atoms with Crippen molar-refractivity contribution >= 4 is 52.2 Å². The average Bonchev–Trinajstić information content (AvgIpc) is 3.80. The predicted octanol–water partition coefficient (Wildman–Crippen LogP) is 13.5. The van der Waals surface area contributed by atoms with Crippen LogP contribution in [0, 0.1) is 23.7 Å². The van der Waals surface area contributed by atoms with Gasteiger partial charge in [0.25, 0.3) is 0 Å². The van der Waals surface area contributed by atoms with E-state index in [1.807, 2.05) is 6.07 Å². The van der Waals surface area contributed by atoms with Crippen LogP contribution in [-0.2, 0) is 38.0 Å². The van der Waals surface area contributed by atoms with E-state index in [4.69, 9.17) is 18.9 Å². The zero-order valence-corrected chi connectivity index (χ0v) is 42.4. The summed E-state index contributed by atoms with van der Waals surface area (Å²) in [7, 11) is 2.91. The number of esters is 2. The number of nitrogens with zero attached hydrogens (tertiary/aromatic N) is 1. The van der Waals surface area contributed by atoms with Gasteiger partial charge in [-0.15, -0.1) is 12.4 Å². The largest absolute Gasteiger partial charge is 0.490 e. The fourth-order valence-corrected chi connectivity index (χ4v) is 12.3. The molecule has 4 heterocycles. The van der Waals surface area contributed by atoms with Crippen LogP contribution in [0.2, 0.25) is 0 Å². The van der Waals surface area contributed by atoms with E-state index >= 15 is 0 Å². The number of alkyl halides is 6. The van der Waals surface area contributed by atoms with E-state index in [1.165, 1.54) is 63.5 Å². The van der Waals surface area contributed by atoms with Crippen LogP contribution >= 0.6 is 12.4 Å². The second-order valence-electron chi connectivity index (χ2n) is 21.0. The van der Waals surface area contributed by atoms with Crippen molar-refractivity contribution in [3.8, 4) is 11.5 Å². The van der Waals surface area contributed by atoms with Gasteiger partial charge >= 0.3 is 24.3 Å². The van der Waals surface area contributed by atoms with E-state index in [-0.39, 0.29) is 88.3 Å². The first-order valence-electron chi connectivity index (χ1n) is 25.6. The number of carbonyl (C=O) groups is 3. The number of carbonyl (C=O) groups excluding carboxylic acids is 3. The van der Waals surface area contributed by atoms with Gasteiger partial charge in [-0.3, -0.25) is 19.3 Å². The maximum Gasteiger partial charge on any atom is 0.420 e. The lowest BCUT2D eigenvalue weighted by molar-refractivity contribution is -0.148. The lowest BCUT2D eigenvalue weighted by Crippen LogP contribution is -2.44. The average molecular weight is 1030 g/mol. The number of hydrogen-bond acceptors (Lipinski definition) is 9. The van der Waals surface area contributed by atoms with E-state index in [1.54, 1.807) is 18.2 Å². The molecule has 4 unspecified atom stereocenters. The third-order valence-electron chi connectivity index (χ3n) is 16.2. The minimum Gasteiger partial charge on any atom is -0.490 e. The predicted molar refractivity (Wildman–Crippen MR) is 266 cm³/mol. The smallest absolute Gasteiger partial charge is 0.420 e. The number of aldehydes is 1. The van der Waals surface area contributed by atoms with E-state index in [2.05, 4.69) is 24.1 Å². The van der Waals surface area contributed by atoms with Crippen LogP contribution in [0.15, 0.2) is 60.7 Å². The number of benzene rings is 4. The molecule has 2 saturated carbocycles. The second kappa shape index (κ2) is 23.7. The molecular weight excluding hydrogens is 962 g/mol. The highest BCUT2D eigenvalue weighted by Crippen LogP contribution is 2.46. The van der Waals surface area contributed by atoms with Gasteiger partial charge in [0.1, 0.15) is 22.6 Å². The number of fused-ring (bicyclic) bond motifs is 6. The summed E-state index contributed by atoms with van der Waals surface area (Å²) < 4.78 is 105. The van der Waals surface area contributed by atoms with Crippen LogP contribution < -0.4 is 14.8 Å². The second-order valence-corrected chi connectivity index (χ2v) is 21.0. The summed E-state index contributed by atoms with van der Waals surface area (Å²) >= 11 is 0. The molecule has 4 aliphatic heterocycles. The maximum atomic E-state index is 14.3. The Balaban J connectivity index is 0.000000177. The molecule has 9 nitrogen and oxygen atoms in total. The van der Waals surface area contributed by atoms with Crippen LogP contribution in [0.4, 0.5) is 26.3 Å². The van der Waals surface area contributed by atoms with Gasteiger partial charge in [-0.1, -0.05) is 56.3 Å². The Kier molecular flexibility index (Phi) is 18.2. The number of rotatable bonds is 9. The summed E-state index contributed by atoms with van der Waals surface area (Å²) in [5, 5.41) is 4.62. The minimum atomic E-state index is -4.54. The van der Waals surface area contributed by atoms with E-state index < -0.39 is 23.5 Å². The van der Waals surface area contributed by atoms with Gasteiger partial charge in [-0.25, -0.2) is 0 Å². The molecule has 394 valence electrons. The molecule has 1 N–H and O–H groups in total. The number of ether oxygens (including phenoxy) is 4. The molecule has 0 radical (unpaired) electrons. The summed E-state index contributed by atoms with van der Waals surface area (Å²) in [6, 6.07) is 17.4. The Bertz CT molecular complexity index is 2480. The standard InChI is InChI=1S/C28H34F3NO3.C19H19F3O2.C9H15NO2.ClH/c1-17-6-10-22(11-7-17)35-25-13-12-23-18(4-3-5-24(23)26(25)28(29,30)31)16-32-20-8-9-21(32)15-19(14-20)27(33)34-2;1-12-5-7-14(8-6-12)24-17-10-9-15-13(11-23)3-2-4-16(15)18(17)19(20,21)22;1-12-9(11)6-4-7-2-3-8(5-6)10-7;/h3-5,12-13,17,19-22H,6-11,14-16H2,1-2H3;2-4,9-12,14H,5-8H2,1H3;6-8,10H,2-5H2,1H3;1H.